The first kappa shape index (κ1) is 17.7. The Bertz CT molecular complexity index is 856. The van der Waals surface area contributed by atoms with Crippen molar-refractivity contribution in [1.29, 1.82) is 0 Å². The van der Waals surface area contributed by atoms with Crippen LogP contribution < -0.4 is 0 Å². The van der Waals surface area contributed by atoms with Crippen molar-refractivity contribution in [3.8, 4) is 0 Å². The number of fused-ring (bicyclic) bond motifs is 2. The Morgan fingerprint density at radius 2 is 1.35 bits per heavy atom. The Hall–Kier alpha value is -1.60. The second-order valence-corrected chi connectivity index (χ2v) is 8.47. The van der Waals surface area contributed by atoms with Gasteiger partial charge in [0.15, 0.2) is 0 Å². The van der Waals surface area contributed by atoms with Crippen molar-refractivity contribution in [1.82, 2.24) is 0 Å². The highest BCUT2D eigenvalue weighted by Gasteiger charge is 2.12. The summed E-state index contributed by atoms with van der Waals surface area (Å²) in [5.41, 5.74) is 1.51. The van der Waals surface area contributed by atoms with Gasteiger partial charge in [0.05, 0.1) is 12.5 Å². The minimum Gasteiger partial charge on any atom is -0.726 e. The lowest BCUT2D eigenvalue weighted by atomic mass is 9.98. The lowest BCUT2D eigenvalue weighted by Gasteiger charge is -2.09. The first-order chi connectivity index (χ1) is 10.8. The Labute approximate surface area is 139 Å². The van der Waals surface area contributed by atoms with E-state index in [0.717, 1.165) is 0 Å². The molecule has 1 N–H and O–H groups in total. The first-order valence-corrected chi connectivity index (χ1v) is 10.4. The van der Waals surface area contributed by atoms with Crippen LogP contribution in [0.1, 0.15) is 5.56 Å². The Morgan fingerprint density at radius 3 is 1.74 bits per heavy atom. The van der Waals surface area contributed by atoms with Gasteiger partial charge in [0.25, 0.3) is 0 Å². The van der Waals surface area contributed by atoms with Crippen LogP contribution in [-0.4, -0.2) is 30.0 Å². The van der Waals surface area contributed by atoms with E-state index in [1.807, 2.05) is 0 Å². The molecule has 0 aliphatic carbocycles. The predicted molar refractivity (Wildman–Crippen MR) is 96.7 cm³/mol. The van der Waals surface area contributed by atoms with E-state index in [2.05, 4.69) is 67.1 Å². The van der Waals surface area contributed by atoms with E-state index >= 15 is 0 Å². The smallest absolute Gasteiger partial charge is 0.215 e. The third kappa shape index (κ3) is 5.21. The largest absolute Gasteiger partial charge is 0.726 e. The van der Waals surface area contributed by atoms with Gasteiger partial charge in [0.2, 0.25) is 10.4 Å². The van der Waals surface area contributed by atoms with Crippen LogP contribution >= 0.6 is 0 Å². The number of hydrogen-bond acceptors (Lipinski definition) is 3. The van der Waals surface area contributed by atoms with Crippen LogP contribution in [0.25, 0.3) is 21.5 Å². The summed E-state index contributed by atoms with van der Waals surface area (Å²) in [4.78, 5) is 0. The molecule has 23 heavy (non-hydrogen) atoms. The van der Waals surface area contributed by atoms with Gasteiger partial charge >= 0.3 is 0 Å². The molecule has 6 heteroatoms. The molecular formula is C17H18O4S2. The molecule has 3 aromatic carbocycles. The maximum atomic E-state index is 8.63. The van der Waals surface area contributed by atoms with Crippen LogP contribution in [0.2, 0.25) is 0 Å². The fourth-order valence-electron chi connectivity index (χ4n) is 2.55. The molecule has 0 bridgehead atoms. The molecule has 0 unspecified atom stereocenters. The standard InChI is InChI=1S/C17H17S.H2O4S/c1-18(2)12-17-15-9-5-3-7-13(15)11-14-8-4-6-10-16(14)17;1-5(2,3)4/h3-11H,12H2,1-2H3;(H2,1,2,3,4)/q+1;/p-1. The molecule has 3 aromatic rings. The van der Waals surface area contributed by atoms with Crippen molar-refractivity contribution in [2.24, 2.45) is 0 Å². The zero-order valence-electron chi connectivity index (χ0n) is 12.9. The molecule has 3 rings (SSSR count). The molecule has 0 amide bonds. The second kappa shape index (κ2) is 7.31. The molecule has 0 radical (unpaired) electrons. The minimum atomic E-state index is -4.92. The molecule has 0 aliphatic rings. The van der Waals surface area contributed by atoms with Crippen molar-refractivity contribution >= 4 is 42.8 Å². The number of rotatable bonds is 2. The third-order valence-corrected chi connectivity index (χ3v) is 4.18. The normalized spacial score (nSPS) is 11.5. The topological polar surface area (TPSA) is 77.4 Å². The highest BCUT2D eigenvalue weighted by atomic mass is 32.3. The van der Waals surface area contributed by atoms with Gasteiger partial charge in [0, 0.05) is 5.56 Å². The number of benzene rings is 3. The molecule has 122 valence electrons. The zero-order valence-corrected chi connectivity index (χ0v) is 14.5. The highest BCUT2D eigenvalue weighted by Crippen LogP contribution is 2.29. The summed E-state index contributed by atoms with van der Waals surface area (Å²) in [6.07, 6.45) is 4.63. The minimum absolute atomic E-state index is 0.421. The van der Waals surface area contributed by atoms with Crippen molar-refractivity contribution in [2.45, 2.75) is 5.75 Å². The van der Waals surface area contributed by atoms with Gasteiger partial charge in [-0.25, -0.2) is 8.42 Å². The average molecular weight is 350 g/mol. The lowest BCUT2D eigenvalue weighted by molar-refractivity contribution is 0.366. The van der Waals surface area contributed by atoms with Gasteiger partial charge in [-0.05, 0) is 38.5 Å². The van der Waals surface area contributed by atoms with Gasteiger partial charge in [-0.1, -0.05) is 48.5 Å². The fraction of sp³-hybridized carbons (Fsp3) is 0.176. The molecule has 0 atom stereocenters. The second-order valence-electron chi connectivity index (χ2n) is 5.36. The summed E-state index contributed by atoms with van der Waals surface area (Å²) in [5.74, 6) is 1.17. The van der Waals surface area contributed by atoms with E-state index in [-0.39, 0.29) is 0 Å². The monoisotopic (exact) mass is 350 g/mol. The molecule has 4 nitrogen and oxygen atoms in total. The van der Waals surface area contributed by atoms with Gasteiger partial charge in [-0.3, -0.25) is 4.55 Å². The van der Waals surface area contributed by atoms with E-state index in [1.54, 1.807) is 0 Å². The molecule has 0 aromatic heterocycles. The van der Waals surface area contributed by atoms with Crippen molar-refractivity contribution in [3.05, 3.63) is 60.2 Å². The van der Waals surface area contributed by atoms with Crippen LogP contribution in [0.4, 0.5) is 0 Å². The zero-order chi connectivity index (χ0) is 17.0. The summed E-state index contributed by atoms with van der Waals surface area (Å²) in [6, 6.07) is 19.8. The van der Waals surface area contributed by atoms with E-state index in [9.17, 15) is 0 Å². The predicted octanol–water partition coefficient (Wildman–Crippen LogP) is 3.38. The Kier molecular flexibility index (Phi) is 5.64. The molecular weight excluding hydrogens is 332 g/mol. The van der Waals surface area contributed by atoms with E-state index in [0.29, 0.717) is 10.9 Å². The quantitative estimate of drug-likeness (QED) is 0.333. The summed E-state index contributed by atoms with van der Waals surface area (Å²) >= 11 is 0. The van der Waals surface area contributed by atoms with Gasteiger partial charge in [-0.15, -0.1) is 0 Å². The van der Waals surface area contributed by atoms with Crippen LogP contribution in [0.3, 0.4) is 0 Å². The van der Waals surface area contributed by atoms with Crippen LogP contribution in [-0.2, 0) is 27.0 Å². The van der Waals surface area contributed by atoms with Crippen molar-refractivity contribution < 1.29 is 17.5 Å². The maximum absolute atomic E-state index is 8.63. The van der Waals surface area contributed by atoms with Crippen LogP contribution in [0.5, 0.6) is 0 Å². The summed E-state index contributed by atoms with van der Waals surface area (Å²) < 4.78 is 32.8. The summed E-state index contributed by atoms with van der Waals surface area (Å²) in [7, 11) is -4.50. The van der Waals surface area contributed by atoms with Crippen LogP contribution in [0, 0.1) is 0 Å². The van der Waals surface area contributed by atoms with E-state index < -0.39 is 10.4 Å². The molecule has 0 fully saturated rings. The van der Waals surface area contributed by atoms with Gasteiger partial charge in [-0.2, -0.15) is 0 Å². The van der Waals surface area contributed by atoms with Gasteiger partial charge in [0.1, 0.15) is 5.75 Å². The first-order valence-electron chi connectivity index (χ1n) is 6.87. The molecule has 0 spiro atoms. The summed E-state index contributed by atoms with van der Waals surface area (Å²) in [6.45, 7) is 0. The SMILES string of the molecule is C[S+](C)Cc1c2ccccc2cc2ccccc12.O=S(=O)([O-])O. The molecule has 0 saturated carbocycles. The molecule has 0 aliphatic heterocycles. The average Bonchev–Trinajstić information content (AvgIpc) is 2.45. The third-order valence-electron chi connectivity index (χ3n) is 3.32. The molecule has 0 saturated heterocycles. The maximum Gasteiger partial charge on any atom is 0.215 e. The van der Waals surface area contributed by atoms with E-state index in [1.165, 1.54) is 32.9 Å². The van der Waals surface area contributed by atoms with E-state index in [4.69, 9.17) is 17.5 Å². The molecule has 0 heterocycles. The van der Waals surface area contributed by atoms with Crippen molar-refractivity contribution in [3.63, 3.8) is 0 Å². The Balaban J connectivity index is 0.000000338. The van der Waals surface area contributed by atoms with Crippen LogP contribution in [0.15, 0.2) is 54.6 Å². The fourth-order valence-corrected chi connectivity index (χ4v) is 3.44. The highest BCUT2D eigenvalue weighted by molar-refractivity contribution is 7.94. The van der Waals surface area contributed by atoms with Crippen molar-refractivity contribution in [2.75, 3.05) is 12.5 Å². The summed E-state index contributed by atoms with van der Waals surface area (Å²) in [5, 5.41) is 5.54. The Morgan fingerprint density at radius 1 is 0.957 bits per heavy atom. The number of hydrogen-bond donors (Lipinski definition) is 1. The lowest BCUT2D eigenvalue weighted by Crippen LogP contribution is -2.01. The van der Waals surface area contributed by atoms with Gasteiger partial charge < -0.3 is 4.55 Å².